The van der Waals surface area contributed by atoms with Crippen molar-refractivity contribution in [3.63, 3.8) is 0 Å². The molecule has 4 heteroatoms. The minimum atomic E-state index is 0.592. The Morgan fingerprint density at radius 3 is 2.43 bits per heavy atom. The molecule has 3 nitrogen and oxygen atoms in total. The van der Waals surface area contributed by atoms with E-state index in [1.54, 1.807) is 6.20 Å². The smallest absolute Gasteiger partial charge is 0.153 e. The van der Waals surface area contributed by atoms with Gasteiger partial charge in [0.25, 0.3) is 0 Å². The molecule has 0 unspecified atom stereocenters. The topological polar surface area (TPSA) is 34.9 Å². The molecule has 3 rings (SSSR count). The zero-order chi connectivity index (χ0) is 14.7. The molecule has 1 heterocycles. The highest BCUT2D eigenvalue weighted by Gasteiger charge is 2.12. The van der Waals surface area contributed by atoms with Crippen LogP contribution in [0.5, 0.6) is 0 Å². The van der Waals surface area contributed by atoms with Crippen molar-refractivity contribution in [3.05, 3.63) is 76.9 Å². The van der Waals surface area contributed by atoms with Crippen LogP contribution in [0, 0.1) is 0 Å². The van der Waals surface area contributed by atoms with Crippen LogP contribution in [0.2, 0.25) is 5.02 Å². The third-order valence-electron chi connectivity index (χ3n) is 3.29. The average Bonchev–Trinajstić information content (AvgIpc) is 2.93. The number of carbonyl (C=O) groups is 1. The molecule has 2 aromatic carbocycles. The first-order chi connectivity index (χ1) is 10.3. The molecule has 0 aliphatic heterocycles. The number of hydrogen-bond acceptors (Lipinski definition) is 2. The summed E-state index contributed by atoms with van der Waals surface area (Å²) in [4.78, 5) is 11.2. The molecule has 0 N–H and O–H groups in total. The van der Waals surface area contributed by atoms with Gasteiger partial charge in [-0.15, -0.1) is 0 Å². The summed E-state index contributed by atoms with van der Waals surface area (Å²) in [6, 6.07) is 17.4. The van der Waals surface area contributed by atoms with Gasteiger partial charge in [-0.2, -0.15) is 5.10 Å². The second-order valence-electron chi connectivity index (χ2n) is 4.72. The number of benzene rings is 2. The maximum Gasteiger partial charge on any atom is 0.153 e. The highest BCUT2D eigenvalue weighted by molar-refractivity contribution is 6.30. The molecule has 0 aliphatic carbocycles. The average molecular weight is 297 g/mol. The van der Waals surface area contributed by atoms with E-state index in [9.17, 15) is 4.79 Å². The van der Waals surface area contributed by atoms with Crippen LogP contribution in [0.15, 0.2) is 60.8 Å². The van der Waals surface area contributed by atoms with Gasteiger partial charge in [0, 0.05) is 10.6 Å². The molecule has 0 bridgehead atoms. The van der Waals surface area contributed by atoms with Gasteiger partial charge in [-0.05, 0) is 17.7 Å². The molecule has 0 aliphatic rings. The predicted molar refractivity (Wildman–Crippen MR) is 83.6 cm³/mol. The van der Waals surface area contributed by atoms with Crippen LogP contribution in [-0.4, -0.2) is 16.1 Å². The SMILES string of the molecule is O=Cc1cnn(Cc2ccc(Cl)cc2)c1-c1ccccc1. The van der Waals surface area contributed by atoms with Crippen LogP contribution in [0.25, 0.3) is 11.3 Å². The summed E-state index contributed by atoms with van der Waals surface area (Å²) in [6.45, 7) is 0.592. The van der Waals surface area contributed by atoms with Crippen LogP contribution in [0.3, 0.4) is 0 Å². The highest BCUT2D eigenvalue weighted by atomic mass is 35.5. The first kappa shape index (κ1) is 13.6. The minimum Gasteiger partial charge on any atom is -0.298 e. The lowest BCUT2D eigenvalue weighted by atomic mass is 10.1. The lowest BCUT2D eigenvalue weighted by Crippen LogP contribution is -2.04. The number of aldehydes is 1. The van der Waals surface area contributed by atoms with Gasteiger partial charge >= 0.3 is 0 Å². The van der Waals surface area contributed by atoms with Crippen molar-refractivity contribution in [2.24, 2.45) is 0 Å². The van der Waals surface area contributed by atoms with E-state index in [4.69, 9.17) is 11.6 Å². The van der Waals surface area contributed by atoms with Gasteiger partial charge in [-0.25, -0.2) is 0 Å². The van der Waals surface area contributed by atoms with Crippen LogP contribution in [0.1, 0.15) is 15.9 Å². The Labute approximate surface area is 127 Å². The molecule has 0 saturated heterocycles. The number of nitrogens with zero attached hydrogens (tertiary/aromatic N) is 2. The van der Waals surface area contributed by atoms with Gasteiger partial charge in [0.15, 0.2) is 6.29 Å². The van der Waals surface area contributed by atoms with Gasteiger partial charge in [0.2, 0.25) is 0 Å². The fourth-order valence-electron chi connectivity index (χ4n) is 2.28. The van der Waals surface area contributed by atoms with Gasteiger partial charge < -0.3 is 0 Å². The third-order valence-corrected chi connectivity index (χ3v) is 3.54. The molecule has 0 fully saturated rings. The predicted octanol–water partition coefficient (Wildman–Crippen LogP) is 4.06. The van der Waals surface area contributed by atoms with Crippen molar-refractivity contribution in [1.82, 2.24) is 9.78 Å². The van der Waals surface area contributed by atoms with E-state index in [1.165, 1.54) is 0 Å². The summed E-state index contributed by atoms with van der Waals surface area (Å²) in [5.74, 6) is 0. The van der Waals surface area contributed by atoms with Crippen molar-refractivity contribution in [3.8, 4) is 11.3 Å². The minimum absolute atomic E-state index is 0.592. The van der Waals surface area contributed by atoms with E-state index in [0.717, 1.165) is 23.1 Å². The fraction of sp³-hybridized carbons (Fsp3) is 0.0588. The zero-order valence-electron chi connectivity index (χ0n) is 11.2. The maximum atomic E-state index is 11.2. The lowest BCUT2D eigenvalue weighted by Gasteiger charge is -2.09. The summed E-state index contributed by atoms with van der Waals surface area (Å²) in [5.41, 5.74) is 3.49. The molecule has 104 valence electrons. The summed E-state index contributed by atoms with van der Waals surface area (Å²) in [7, 11) is 0. The Bertz CT molecular complexity index is 748. The Hall–Kier alpha value is -2.39. The van der Waals surface area contributed by atoms with Crippen LogP contribution >= 0.6 is 11.6 Å². The second-order valence-corrected chi connectivity index (χ2v) is 5.15. The van der Waals surface area contributed by atoms with Crippen LogP contribution in [-0.2, 0) is 6.54 Å². The molecule has 0 atom stereocenters. The second kappa shape index (κ2) is 5.94. The maximum absolute atomic E-state index is 11.2. The lowest BCUT2D eigenvalue weighted by molar-refractivity contribution is 0.112. The van der Waals surface area contributed by atoms with Crippen LogP contribution in [0.4, 0.5) is 0 Å². The Morgan fingerprint density at radius 2 is 1.76 bits per heavy atom. The summed E-state index contributed by atoms with van der Waals surface area (Å²) in [6.07, 6.45) is 2.44. The van der Waals surface area contributed by atoms with Gasteiger partial charge in [-0.1, -0.05) is 54.1 Å². The Morgan fingerprint density at radius 1 is 1.05 bits per heavy atom. The Kier molecular flexibility index (Phi) is 3.84. The number of hydrogen-bond donors (Lipinski definition) is 0. The summed E-state index contributed by atoms with van der Waals surface area (Å²) in [5, 5.41) is 5.04. The molecule has 0 spiro atoms. The van der Waals surface area contributed by atoms with Crippen molar-refractivity contribution >= 4 is 17.9 Å². The van der Waals surface area contributed by atoms with E-state index < -0.39 is 0 Å². The standard InChI is InChI=1S/C17H13ClN2O/c18-16-8-6-13(7-9-16)11-20-17(15(12-21)10-19-20)14-4-2-1-3-5-14/h1-10,12H,11H2. The quantitative estimate of drug-likeness (QED) is 0.680. The molecule has 1 aromatic heterocycles. The van der Waals surface area contributed by atoms with E-state index in [1.807, 2.05) is 59.3 Å². The monoisotopic (exact) mass is 296 g/mol. The normalized spacial score (nSPS) is 10.5. The molecule has 0 amide bonds. The van der Waals surface area contributed by atoms with Gasteiger partial charge in [-0.3, -0.25) is 9.48 Å². The number of carbonyl (C=O) groups excluding carboxylic acids is 1. The molecular formula is C17H13ClN2O. The van der Waals surface area contributed by atoms with E-state index in [2.05, 4.69) is 5.10 Å². The van der Waals surface area contributed by atoms with Crippen LogP contribution < -0.4 is 0 Å². The molecule has 3 aromatic rings. The molecule has 0 saturated carbocycles. The van der Waals surface area contributed by atoms with Crippen molar-refractivity contribution in [1.29, 1.82) is 0 Å². The fourth-order valence-corrected chi connectivity index (χ4v) is 2.41. The highest BCUT2D eigenvalue weighted by Crippen LogP contribution is 2.23. The first-order valence-corrected chi connectivity index (χ1v) is 6.96. The summed E-state index contributed by atoms with van der Waals surface area (Å²) < 4.78 is 1.84. The number of aromatic nitrogens is 2. The molecule has 0 radical (unpaired) electrons. The van der Waals surface area contributed by atoms with Crippen molar-refractivity contribution in [2.45, 2.75) is 6.54 Å². The first-order valence-electron chi connectivity index (χ1n) is 6.59. The largest absolute Gasteiger partial charge is 0.298 e. The van der Waals surface area contributed by atoms with E-state index in [-0.39, 0.29) is 0 Å². The van der Waals surface area contributed by atoms with Gasteiger partial charge in [0.05, 0.1) is 24.0 Å². The zero-order valence-corrected chi connectivity index (χ0v) is 12.0. The van der Waals surface area contributed by atoms with Gasteiger partial charge in [0.1, 0.15) is 0 Å². The number of rotatable bonds is 4. The summed E-state index contributed by atoms with van der Waals surface area (Å²) >= 11 is 5.90. The molecular weight excluding hydrogens is 284 g/mol. The molecule has 21 heavy (non-hydrogen) atoms. The van der Waals surface area contributed by atoms with Crippen molar-refractivity contribution in [2.75, 3.05) is 0 Å². The van der Waals surface area contributed by atoms with Crippen molar-refractivity contribution < 1.29 is 4.79 Å². The third kappa shape index (κ3) is 2.88. The van der Waals surface area contributed by atoms with E-state index >= 15 is 0 Å². The van der Waals surface area contributed by atoms with E-state index in [0.29, 0.717) is 17.1 Å². The Balaban J connectivity index is 2.01. The number of halogens is 1.